The molecular formula is C5H18Cl2N5O8P5. The Hall–Kier alpha value is 1.41. The minimum atomic E-state index is -4.02. The van der Waals surface area contributed by atoms with Gasteiger partial charge in [-0.25, -0.2) is 13.7 Å². The van der Waals surface area contributed by atoms with Crippen LogP contribution in [0.3, 0.4) is 0 Å². The molecule has 0 aliphatic carbocycles. The van der Waals surface area contributed by atoms with E-state index < -0.39 is 36.6 Å². The molecule has 25 heavy (non-hydrogen) atoms. The Kier molecular flexibility index (Phi) is 8.63. The van der Waals surface area contributed by atoms with E-state index in [9.17, 15) is 13.7 Å². The third-order valence-electron chi connectivity index (χ3n) is 2.45. The summed E-state index contributed by atoms with van der Waals surface area (Å²) in [5.41, 5.74) is 0. The first kappa shape index (κ1) is 24.4. The zero-order valence-corrected chi connectivity index (χ0v) is 19.6. The van der Waals surface area contributed by atoms with Gasteiger partial charge in [0, 0.05) is 35.5 Å². The molecule has 0 radical (unpaired) electrons. The van der Waals surface area contributed by atoms with E-state index in [2.05, 4.69) is 23.6 Å². The van der Waals surface area contributed by atoms with Crippen LogP contribution in [0.2, 0.25) is 0 Å². The van der Waals surface area contributed by atoms with Gasteiger partial charge < -0.3 is 4.52 Å². The summed E-state index contributed by atoms with van der Waals surface area (Å²) in [7, 11) is -6.43. The zero-order valence-electron chi connectivity index (χ0n) is 13.7. The van der Waals surface area contributed by atoms with Gasteiger partial charge in [0.1, 0.15) is 0 Å². The number of nitrogens with zero attached hydrogens (tertiary/aromatic N) is 2. The molecule has 3 unspecified atom stereocenters. The Morgan fingerprint density at radius 2 is 1.32 bits per heavy atom. The normalized spacial score (nSPS) is 33.6. The highest BCUT2D eigenvalue weighted by atomic mass is 35.7. The fourth-order valence-electron chi connectivity index (χ4n) is 1.33. The molecule has 0 spiro atoms. The van der Waals surface area contributed by atoms with E-state index in [1.807, 2.05) is 0 Å². The minimum absolute atomic E-state index is 1.07. The Morgan fingerprint density at radius 1 is 0.880 bits per heavy atom. The van der Waals surface area contributed by atoms with Crippen molar-refractivity contribution in [1.29, 1.82) is 0 Å². The van der Waals surface area contributed by atoms with E-state index in [0.717, 1.165) is 35.5 Å². The Morgan fingerprint density at radius 3 is 1.72 bits per heavy atom. The molecule has 0 aromatic heterocycles. The van der Waals surface area contributed by atoms with Crippen LogP contribution in [0.25, 0.3) is 0 Å². The van der Waals surface area contributed by atoms with Gasteiger partial charge in [-0.3, -0.25) is 18.1 Å². The molecule has 0 amide bonds. The van der Waals surface area contributed by atoms with Crippen LogP contribution in [0.4, 0.5) is 0 Å². The van der Waals surface area contributed by atoms with Gasteiger partial charge in [-0.15, -0.1) is 0 Å². The molecule has 0 fully saturated rings. The summed E-state index contributed by atoms with van der Waals surface area (Å²) < 4.78 is 68.7. The van der Waals surface area contributed by atoms with E-state index in [-0.39, 0.29) is 0 Å². The van der Waals surface area contributed by atoms with Gasteiger partial charge in [-0.05, 0) is 22.5 Å². The second-order valence-electron chi connectivity index (χ2n) is 3.99. The smallest absolute Gasteiger partial charge is 0.304 e. The second kappa shape index (κ2) is 8.83. The van der Waals surface area contributed by atoms with Crippen LogP contribution < -0.4 is 14.6 Å². The quantitative estimate of drug-likeness (QED) is 0.376. The van der Waals surface area contributed by atoms with Crippen molar-refractivity contribution in [1.82, 2.24) is 14.6 Å². The van der Waals surface area contributed by atoms with Gasteiger partial charge in [-0.2, -0.15) is 23.6 Å². The predicted octanol–water partition coefficient (Wildman–Crippen LogP) is 4.70. The summed E-state index contributed by atoms with van der Waals surface area (Å²) >= 11 is 12.5. The van der Waals surface area contributed by atoms with Crippen molar-refractivity contribution in [2.45, 2.75) is 0 Å². The lowest BCUT2D eigenvalue weighted by atomic mass is 11.8. The van der Waals surface area contributed by atoms with Crippen molar-refractivity contribution in [3.8, 4) is 0 Å². The molecule has 3 atom stereocenters. The Bertz CT molecular complexity index is 744. The number of halogens is 2. The predicted molar refractivity (Wildman–Crippen MR) is 97.7 cm³/mol. The molecule has 0 saturated carbocycles. The van der Waals surface area contributed by atoms with Crippen LogP contribution in [-0.2, 0) is 36.3 Å². The van der Waals surface area contributed by atoms with Crippen molar-refractivity contribution < 1.29 is 36.3 Å². The molecule has 0 aromatic carbocycles. The van der Waals surface area contributed by atoms with E-state index in [0.29, 0.717) is 0 Å². The first-order valence-electron chi connectivity index (χ1n) is 5.98. The molecule has 0 saturated heterocycles. The summed E-state index contributed by atoms with van der Waals surface area (Å²) in [5.74, 6) is 0. The lowest BCUT2D eigenvalue weighted by Crippen LogP contribution is -2.20. The lowest BCUT2D eigenvalue weighted by molar-refractivity contribution is 0.272. The number of rotatable bonds is 9. The summed E-state index contributed by atoms with van der Waals surface area (Å²) in [6, 6.07) is 0. The molecule has 3 N–H and O–H groups in total. The highest BCUT2D eigenvalue weighted by Crippen LogP contribution is 2.79. The van der Waals surface area contributed by atoms with E-state index in [4.69, 9.17) is 45.1 Å². The zero-order chi connectivity index (χ0) is 19.6. The van der Waals surface area contributed by atoms with Crippen LogP contribution in [0, 0.1) is 0 Å². The molecule has 1 aliphatic rings. The highest BCUT2D eigenvalue weighted by molar-refractivity contribution is 8.06. The van der Waals surface area contributed by atoms with Gasteiger partial charge >= 0.3 is 23.2 Å². The maximum absolute atomic E-state index is 12.7. The molecule has 150 valence electrons. The van der Waals surface area contributed by atoms with Crippen LogP contribution in [0.15, 0.2) is 9.03 Å². The summed E-state index contributed by atoms with van der Waals surface area (Å²) in [6.45, 7) is -7.41. The Labute approximate surface area is 154 Å². The summed E-state index contributed by atoms with van der Waals surface area (Å²) in [6.07, 6.45) is 0. The molecule has 0 bridgehead atoms. The molecular weight excluding hydrogens is 484 g/mol. The Balaban J connectivity index is 3.49. The van der Waals surface area contributed by atoms with E-state index >= 15 is 0 Å². The molecule has 1 heterocycles. The van der Waals surface area contributed by atoms with Crippen molar-refractivity contribution in [3.05, 3.63) is 0 Å². The summed E-state index contributed by atoms with van der Waals surface area (Å²) in [5, 5.41) is 0. The lowest BCUT2D eigenvalue weighted by Gasteiger charge is -2.32. The van der Waals surface area contributed by atoms with Crippen LogP contribution in [0.5, 0.6) is 0 Å². The van der Waals surface area contributed by atoms with Crippen molar-refractivity contribution >= 4 is 59.1 Å². The van der Waals surface area contributed by atoms with E-state index in [1.165, 1.54) is 0 Å². The van der Waals surface area contributed by atoms with Crippen molar-refractivity contribution in [2.75, 3.05) is 35.5 Å². The summed E-state index contributed by atoms with van der Waals surface area (Å²) in [4.78, 5) is 6.90. The third kappa shape index (κ3) is 6.47. The van der Waals surface area contributed by atoms with Crippen LogP contribution in [-0.4, -0.2) is 35.5 Å². The average molecular weight is 502 g/mol. The third-order valence-corrected chi connectivity index (χ3v) is 18.7. The highest BCUT2D eigenvalue weighted by Gasteiger charge is 2.45. The topological polar surface area (TPSA) is 158 Å². The fraction of sp³-hybridized carbons (Fsp3) is 1.00. The SMILES string of the molecule is COP1(=O)N=P(Cl)(NP(=O)(OC)OC)N=P(Cl)(NP(=O)(OC)OC)N1. The average Bonchev–Trinajstić information content (AvgIpc) is 2.52. The molecule has 1 aliphatic heterocycles. The van der Waals surface area contributed by atoms with Gasteiger partial charge in [0.25, 0.3) is 0 Å². The number of hydrogen-bond donors (Lipinski definition) is 3. The minimum Gasteiger partial charge on any atom is -0.304 e. The van der Waals surface area contributed by atoms with Crippen molar-refractivity contribution in [3.63, 3.8) is 0 Å². The fourth-order valence-corrected chi connectivity index (χ4v) is 19.1. The number of hydrogen-bond acceptors (Lipinski definition) is 9. The number of nitrogens with one attached hydrogen (secondary N) is 3. The maximum Gasteiger partial charge on any atom is 0.411 e. The molecule has 13 nitrogen and oxygen atoms in total. The van der Waals surface area contributed by atoms with Crippen LogP contribution in [0.1, 0.15) is 0 Å². The first-order chi connectivity index (χ1) is 11.3. The molecule has 0 aromatic rings. The van der Waals surface area contributed by atoms with Gasteiger partial charge in [-0.1, -0.05) is 0 Å². The maximum atomic E-state index is 12.7. The van der Waals surface area contributed by atoms with Gasteiger partial charge in [0.05, 0.1) is 0 Å². The first-order valence-corrected chi connectivity index (χ1v) is 15.9. The monoisotopic (exact) mass is 501 g/mol. The molecule has 1 rings (SSSR count). The van der Waals surface area contributed by atoms with Gasteiger partial charge in [0.2, 0.25) is 13.4 Å². The largest absolute Gasteiger partial charge is 0.411 e. The second-order valence-corrected chi connectivity index (χ2v) is 17.7. The van der Waals surface area contributed by atoms with Crippen molar-refractivity contribution in [2.24, 2.45) is 9.03 Å². The van der Waals surface area contributed by atoms with Gasteiger partial charge in [0.15, 0.2) is 0 Å². The van der Waals surface area contributed by atoms with Crippen LogP contribution >= 0.6 is 59.1 Å². The van der Waals surface area contributed by atoms with E-state index in [1.54, 1.807) is 0 Å². The standard InChI is InChI=1S/C5H18Cl2N5O8P5/c1-16-23(13)9-21(6,11-24(14,17-2)18-3)8-22(7,10-23)12-25(15,19-4)20-5/h1-5H3,(H,9,13)(H,11,14)(H,12,15). The molecule has 20 heteroatoms.